The van der Waals surface area contributed by atoms with E-state index >= 15 is 0 Å². The van der Waals surface area contributed by atoms with E-state index in [9.17, 15) is 0 Å². The molecule has 0 bridgehead atoms. The Hall–Kier alpha value is -0.540. The number of hydrogen-bond donors (Lipinski definition) is 1. The summed E-state index contributed by atoms with van der Waals surface area (Å²) in [7, 11) is 0. The highest BCUT2D eigenvalue weighted by molar-refractivity contribution is 9.10. The summed E-state index contributed by atoms with van der Waals surface area (Å²) in [6.07, 6.45) is 2.45. The van der Waals surface area contributed by atoms with Gasteiger partial charge in [0.1, 0.15) is 5.75 Å². The van der Waals surface area contributed by atoms with E-state index in [1.807, 2.05) is 0 Å². The van der Waals surface area contributed by atoms with Crippen LogP contribution in [0.2, 0.25) is 0 Å². The topological polar surface area (TPSA) is 21.3 Å². The van der Waals surface area contributed by atoms with Crippen LogP contribution >= 0.6 is 15.9 Å². The molecule has 1 saturated heterocycles. The van der Waals surface area contributed by atoms with Gasteiger partial charge >= 0.3 is 0 Å². The lowest BCUT2D eigenvalue weighted by Gasteiger charge is -2.26. The van der Waals surface area contributed by atoms with E-state index < -0.39 is 0 Å². The molecule has 0 radical (unpaired) electrons. The number of rotatable bonds is 3. The van der Waals surface area contributed by atoms with E-state index in [0.29, 0.717) is 5.92 Å². The molecule has 1 aromatic rings. The second kappa shape index (κ2) is 6.27. The summed E-state index contributed by atoms with van der Waals surface area (Å²) in [6.45, 7) is 9.78. The molecule has 0 spiro atoms. The van der Waals surface area contributed by atoms with Gasteiger partial charge in [-0.05, 0) is 55.5 Å². The second-order valence-electron chi connectivity index (χ2n) is 6.39. The lowest BCUT2D eigenvalue weighted by Crippen LogP contribution is -2.30. The van der Waals surface area contributed by atoms with Crippen LogP contribution in [0, 0.1) is 5.92 Å². The first-order valence-corrected chi connectivity index (χ1v) is 7.89. The van der Waals surface area contributed by atoms with E-state index in [4.69, 9.17) is 4.74 Å². The van der Waals surface area contributed by atoms with Crippen molar-refractivity contribution in [3.05, 3.63) is 28.2 Å². The van der Waals surface area contributed by atoms with Gasteiger partial charge in [0, 0.05) is 10.0 Å². The minimum atomic E-state index is 0.104. The number of piperidine rings is 1. The van der Waals surface area contributed by atoms with Crippen LogP contribution < -0.4 is 10.1 Å². The Kier molecular flexibility index (Phi) is 4.91. The lowest BCUT2D eigenvalue weighted by molar-refractivity contribution is 0.211. The van der Waals surface area contributed by atoms with Gasteiger partial charge in [0.25, 0.3) is 0 Å². The van der Waals surface area contributed by atoms with Crippen molar-refractivity contribution >= 4 is 15.9 Å². The van der Waals surface area contributed by atoms with Gasteiger partial charge in [-0.1, -0.05) is 36.7 Å². The van der Waals surface area contributed by atoms with E-state index in [2.05, 4.69) is 60.2 Å². The average Bonchev–Trinajstić information content (AvgIpc) is 2.37. The third-order valence-electron chi connectivity index (χ3n) is 3.68. The van der Waals surface area contributed by atoms with E-state index in [0.717, 1.165) is 29.9 Å². The smallest absolute Gasteiger partial charge is 0.123 e. The lowest BCUT2D eigenvalue weighted by atomic mass is 9.86. The minimum absolute atomic E-state index is 0.104. The van der Waals surface area contributed by atoms with Gasteiger partial charge in [-0.15, -0.1) is 0 Å². The summed E-state index contributed by atoms with van der Waals surface area (Å²) in [5, 5.41) is 3.39. The molecule has 3 heteroatoms. The summed E-state index contributed by atoms with van der Waals surface area (Å²) < 4.78 is 7.23. The van der Waals surface area contributed by atoms with Crippen molar-refractivity contribution in [1.29, 1.82) is 0 Å². The van der Waals surface area contributed by atoms with E-state index in [1.54, 1.807) is 0 Å². The third-order valence-corrected chi connectivity index (χ3v) is 4.18. The summed E-state index contributed by atoms with van der Waals surface area (Å²) >= 11 is 3.55. The zero-order chi connectivity index (χ0) is 13.9. The normalized spacial score (nSPS) is 17.5. The molecule has 1 fully saturated rings. The number of ether oxygens (including phenoxy) is 1. The molecule has 0 saturated carbocycles. The minimum Gasteiger partial charge on any atom is -0.493 e. The molecular formula is C16H24BrNO. The maximum Gasteiger partial charge on any atom is 0.123 e. The van der Waals surface area contributed by atoms with Crippen LogP contribution in [0.15, 0.2) is 22.7 Å². The Labute approximate surface area is 125 Å². The van der Waals surface area contributed by atoms with Crippen molar-refractivity contribution < 1.29 is 4.74 Å². The fraction of sp³-hybridized carbons (Fsp3) is 0.625. The molecule has 1 aliphatic rings. The first-order chi connectivity index (χ1) is 8.97. The van der Waals surface area contributed by atoms with Gasteiger partial charge in [-0.3, -0.25) is 0 Å². The van der Waals surface area contributed by atoms with Crippen LogP contribution in [0.1, 0.15) is 39.2 Å². The fourth-order valence-electron chi connectivity index (χ4n) is 2.47. The van der Waals surface area contributed by atoms with Gasteiger partial charge in [-0.25, -0.2) is 0 Å². The van der Waals surface area contributed by atoms with Crippen LogP contribution in [0.5, 0.6) is 5.75 Å². The summed E-state index contributed by atoms with van der Waals surface area (Å²) in [4.78, 5) is 0. The maximum absolute atomic E-state index is 6.11. The summed E-state index contributed by atoms with van der Waals surface area (Å²) in [6, 6.07) is 6.33. The van der Waals surface area contributed by atoms with Crippen LogP contribution in [0.25, 0.3) is 0 Å². The second-order valence-corrected chi connectivity index (χ2v) is 7.31. The predicted octanol–water partition coefficient (Wildman–Crippen LogP) is 4.13. The van der Waals surface area contributed by atoms with Crippen molar-refractivity contribution in [1.82, 2.24) is 5.32 Å². The molecule has 0 amide bonds. The SMILES string of the molecule is CC(C)(C)c1cc(Br)ccc1OCC1CCNCC1. The quantitative estimate of drug-likeness (QED) is 0.902. The standard InChI is InChI=1S/C16H24BrNO/c1-16(2,3)14-10-13(17)4-5-15(14)19-11-12-6-8-18-9-7-12/h4-5,10,12,18H,6-9,11H2,1-3H3. The number of benzene rings is 1. The molecule has 1 heterocycles. The fourth-order valence-corrected chi connectivity index (χ4v) is 2.83. The highest BCUT2D eigenvalue weighted by atomic mass is 79.9. The van der Waals surface area contributed by atoms with Crippen molar-refractivity contribution in [2.45, 2.75) is 39.0 Å². The molecule has 0 unspecified atom stereocenters. The Balaban J connectivity index is 2.06. The molecule has 1 aromatic carbocycles. The van der Waals surface area contributed by atoms with Crippen LogP contribution in [-0.2, 0) is 5.41 Å². The first-order valence-electron chi connectivity index (χ1n) is 7.10. The predicted molar refractivity (Wildman–Crippen MR) is 83.9 cm³/mol. The summed E-state index contributed by atoms with van der Waals surface area (Å²) in [5.74, 6) is 1.73. The van der Waals surface area contributed by atoms with Gasteiger partial charge in [0.15, 0.2) is 0 Å². The highest BCUT2D eigenvalue weighted by Gasteiger charge is 2.20. The Morgan fingerprint density at radius 2 is 1.95 bits per heavy atom. The molecule has 106 valence electrons. The van der Waals surface area contributed by atoms with Crippen molar-refractivity contribution in [2.24, 2.45) is 5.92 Å². The van der Waals surface area contributed by atoms with Gasteiger partial charge < -0.3 is 10.1 Å². The molecule has 2 rings (SSSR count). The first kappa shape index (κ1) is 14.9. The van der Waals surface area contributed by atoms with Crippen LogP contribution in [0.3, 0.4) is 0 Å². The summed E-state index contributed by atoms with van der Waals surface area (Å²) in [5.41, 5.74) is 1.38. The number of halogens is 1. The van der Waals surface area contributed by atoms with Crippen LogP contribution in [0.4, 0.5) is 0 Å². The largest absolute Gasteiger partial charge is 0.493 e. The monoisotopic (exact) mass is 325 g/mol. The van der Waals surface area contributed by atoms with Crippen molar-refractivity contribution in [3.63, 3.8) is 0 Å². The molecule has 1 aliphatic heterocycles. The maximum atomic E-state index is 6.11. The molecule has 2 nitrogen and oxygen atoms in total. The Morgan fingerprint density at radius 1 is 1.26 bits per heavy atom. The number of nitrogens with one attached hydrogen (secondary N) is 1. The van der Waals surface area contributed by atoms with E-state index in [1.165, 1.54) is 18.4 Å². The average molecular weight is 326 g/mol. The van der Waals surface area contributed by atoms with Crippen LogP contribution in [-0.4, -0.2) is 19.7 Å². The van der Waals surface area contributed by atoms with Crippen molar-refractivity contribution in [3.8, 4) is 5.75 Å². The molecule has 0 atom stereocenters. The zero-order valence-electron chi connectivity index (χ0n) is 12.1. The Morgan fingerprint density at radius 3 is 2.58 bits per heavy atom. The Bertz CT molecular complexity index is 419. The van der Waals surface area contributed by atoms with Gasteiger partial charge in [0.05, 0.1) is 6.61 Å². The molecule has 0 aliphatic carbocycles. The molecular weight excluding hydrogens is 302 g/mol. The molecule has 19 heavy (non-hydrogen) atoms. The highest BCUT2D eigenvalue weighted by Crippen LogP contribution is 2.34. The third kappa shape index (κ3) is 4.22. The van der Waals surface area contributed by atoms with E-state index in [-0.39, 0.29) is 5.41 Å². The number of hydrogen-bond acceptors (Lipinski definition) is 2. The zero-order valence-corrected chi connectivity index (χ0v) is 13.7. The molecule has 0 aromatic heterocycles. The van der Waals surface area contributed by atoms with Gasteiger partial charge in [0.2, 0.25) is 0 Å². The van der Waals surface area contributed by atoms with Crippen molar-refractivity contribution in [2.75, 3.05) is 19.7 Å². The molecule has 1 N–H and O–H groups in total. The van der Waals surface area contributed by atoms with Gasteiger partial charge in [-0.2, -0.15) is 0 Å².